The second kappa shape index (κ2) is 11.4. The van der Waals surface area contributed by atoms with Crippen molar-refractivity contribution in [2.24, 2.45) is 0 Å². The van der Waals surface area contributed by atoms with E-state index in [0.717, 1.165) is 22.3 Å². The Labute approximate surface area is 166 Å². The van der Waals surface area contributed by atoms with Gasteiger partial charge in [0.1, 0.15) is 19.0 Å². The molecule has 0 aliphatic carbocycles. The van der Waals surface area contributed by atoms with Gasteiger partial charge < -0.3 is 19.7 Å². The fraction of sp³-hybridized carbons (Fsp3) is 0.471. The molecule has 12 nitrogen and oxygen atoms in total. The van der Waals surface area contributed by atoms with Crippen molar-refractivity contribution in [1.82, 2.24) is 9.88 Å². The molecule has 0 fully saturated rings. The average Bonchev–Trinajstić information content (AvgIpc) is 2.69. The topological polar surface area (TPSA) is 142 Å². The molecule has 2 aromatic rings. The second-order valence-electron chi connectivity index (χ2n) is 5.98. The molecule has 0 aliphatic rings. The van der Waals surface area contributed by atoms with Crippen LogP contribution in [-0.2, 0) is 9.68 Å². The van der Waals surface area contributed by atoms with Crippen molar-refractivity contribution in [2.75, 3.05) is 51.8 Å². The van der Waals surface area contributed by atoms with Crippen LogP contribution in [0.1, 0.15) is 6.42 Å². The fourth-order valence-electron chi connectivity index (χ4n) is 2.76. The van der Waals surface area contributed by atoms with Crippen LogP contribution in [0.3, 0.4) is 0 Å². The monoisotopic (exact) mass is 409 g/mol. The van der Waals surface area contributed by atoms with Crippen LogP contribution in [0.5, 0.6) is 5.75 Å². The van der Waals surface area contributed by atoms with Crippen LogP contribution >= 0.6 is 0 Å². The molecule has 1 aromatic carbocycles. The van der Waals surface area contributed by atoms with Gasteiger partial charge in [-0.15, -0.1) is 20.2 Å². The Morgan fingerprint density at radius 3 is 2.38 bits per heavy atom. The number of anilines is 1. The normalized spacial score (nSPS) is 10.7. The van der Waals surface area contributed by atoms with Crippen LogP contribution in [-0.4, -0.2) is 66.6 Å². The highest BCUT2D eigenvalue weighted by Crippen LogP contribution is 2.25. The number of benzene rings is 1. The first-order chi connectivity index (χ1) is 14.0. The molecule has 0 amide bonds. The first kappa shape index (κ1) is 21.9. The van der Waals surface area contributed by atoms with Gasteiger partial charge in [0, 0.05) is 36.9 Å². The maximum Gasteiger partial charge on any atom is 0.294 e. The van der Waals surface area contributed by atoms with Gasteiger partial charge in [-0.3, -0.25) is 9.88 Å². The standard InChI is InChI=1S/C17H23N5O7/c1-27-14-3-4-16-15(13-14)17(5-7-19-16)18-6-2-8-20(9-11-28-21(23)24)10-12-29-22(25)26/h3-5,7,13H,2,6,8-12H2,1H3,(H,18,19). The number of aromatic nitrogens is 1. The van der Waals surface area contributed by atoms with Crippen LogP contribution in [0, 0.1) is 20.2 Å². The quantitative estimate of drug-likeness (QED) is 0.278. The summed E-state index contributed by atoms with van der Waals surface area (Å²) in [5, 5.41) is 23.1. The Morgan fingerprint density at radius 2 is 1.76 bits per heavy atom. The summed E-state index contributed by atoms with van der Waals surface area (Å²) in [6.45, 7) is 1.47. The smallest absolute Gasteiger partial charge is 0.294 e. The Kier molecular flexibility index (Phi) is 8.63. The Hall–Kier alpha value is -3.41. The van der Waals surface area contributed by atoms with Crippen LogP contribution in [0.2, 0.25) is 0 Å². The molecule has 1 N–H and O–H groups in total. The number of rotatable bonds is 14. The van der Waals surface area contributed by atoms with Gasteiger partial charge in [0.2, 0.25) is 0 Å². The molecule has 0 saturated carbocycles. The number of ether oxygens (including phenoxy) is 1. The molecule has 12 heteroatoms. The summed E-state index contributed by atoms with van der Waals surface area (Å²) < 4.78 is 5.26. The molecule has 0 atom stereocenters. The van der Waals surface area contributed by atoms with Crippen LogP contribution in [0.4, 0.5) is 5.69 Å². The minimum absolute atomic E-state index is 0.117. The SMILES string of the molecule is COc1ccc2nccc(NCCCN(CCO[N+](=O)[O-])CCO[N+](=O)[O-])c2c1. The van der Waals surface area contributed by atoms with E-state index < -0.39 is 10.2 Å². The largest absolute Gasteiger partial charge is 0.497 e. The summed E-state index contributed by atoms with van der Waals surface area (Å²) >= 11 is 0. The van der Waals surface area contributed by atoms with Crippen molar-refractivity contribution < 1.29 is 24.6 Å². The van der Waals surface area contributed by atoms with E-state index in [2.05, 4.69) is 20.0 Å². The molecular weight excluding hydrogens is 386 g/mol. The van der Waals surface area contributed by atoms with Crippen molar-refractivity contribution in [1.29, 1.82) is 0 Å². The van der Waals surface area contributed by atoms with Crippen LogP contribution < -0.4 is 10.1 Å². The molecule has 0 saturated heterocycles. The van der Waals surface area contributed by atoms with Gasteiger partial charge in [-0.05, 0) is 37.2 Å². The molecule has 29 heavy (non-hydrogen) atoms. The first-order valence-electron chi connectivity index (χ1n) is 8.93. The molecule has 0 aliphatic heterocycles. The lowest BCUT2D eigenvalue weighted by Gasteiger charge is -2.21. The Bertz CT molecular complexity index is 800. The van der Waals surface area contributed by atoms with Crippen molar-refractivity contribution in [3.8, 4) is 5.75 Å². The number of hydrogen-bond acceptors (Lipinski definition) is 10. The minimum atomic E-state index is -0.865. The fourth-order valence-corrected chi connectivity index (χ4v) is 2.76. The molecule has 0 bridgehead atoms. The van der Waals surface area contributed by atoms with Crippen LogP contribution in [0.15, 0.2) is 30.5 Å². The van der Waals surface area contributed by atoms with Gasteiger partial charge >= 0.3 is 0 Å². The van der Waals surface area contributed by atoms with Gasteiger partial charge in [-0.25, -0.2) is 0 Å². The molecule has 2 rings (SSSR count). The average molecular weight is 409 g/mol. The zero-order chi connectivity index (χ0) is 21.1. The summed E-state index contributed by atoms with van der Waals surface area (Å²) in [7, 11) is 1.60. The van der Waals surface area contributed by atoms with E-state index in [1.807, 2.05) is 29.2 Å². The van der Waals surface area contributed by atoms with Gasteiger partial charge in [-0.1, -0.05) is 0 Å². The third-order valence-electron chi connectivity index (χ3n) is 4.12. The Balaban J connectivity index is 1.86. The molecule has 1 heterocycles. The number of fused-ring (bicyclic) bond motifs is 1. The van der Waals surface area contributed by atoms with Gasteiger partial charge in [0.25, 0.3) is 10.2 Å². The van der Waals surface area contributed by atoms with E-state index in [-0.39, 0.29) is 26.3 Å². The molecule has 158 valence electrons. The summed E-state index contributed by atoms with van der Waals surface area (Å²) in [6.07, 6.45) is 2.41. The summed E-state index contributed by atoms with van der Waals surface area (Å²) in [5.74, 6) is 0.733. The maximum absolute atomic E-state index is 10.3. The van der Waals surface area contributed by atoms with Crippen molar-refractivity contribution in [2.45, 2.75) is 6.42 Å². The third kappa shape index (κ3) is 7.62. The van der Waals surface area contributed by atoms with Crippen molar-refractivity contribution >= 4 is 16.6 Å². The second-order valence-corrected chi connectivity index (χ2v) is 5.98. The highest BCUT2D eigenvalue weighted by molar-refractivity contribution is 5.92. The van der Waals surface area contributed by atoms with Gasteiger partial charge in [-0.2, -0.15) is 0 Å². The van der Waals surface area contributed by atoms with E-state index >= 15 is 0 Å². The number of nitrogens with zero attached hydrogens (tertiary/aromatic N) is 4. The van der Waals surface area contributed by atoms with E-state index in [1.54, 1.807) is 13.3 Å². The number of methoxy groups -OCH3 is 1. The van der Waals surface area contributed by atoms with Gasteiger partial charge in [0.05, 0.1) is 12.6 Å². The molecule has 0 unspecified atom stereocenters. The summed E-state index contributed by atoms with van der Waals surface area (Å²) in [5.41, 5.74) is 1.75. The van der Waals surface area contributed by atoms with E-state index in [0.29, 0.717) is 19.5 Å². The molecule has 0 radical (unpaired) electrons. The zero-order valence-corrected chi connectivity index (χ0v) is 16.0. The lowest BCUT2D eigenvalue weighted by Crippen LogP contribution is -2.33. The zero-order valence-electron chi connectivity index (χ0n) is 16.0. The van der Waals surface area contributed by atoms with E-state index in [9.17, 15) is 20.2 Å². The van der Waals surface area contributed by atoms with Crippen LogP contribution in [0.25, 0.3) is 10.9 Å². The number of nitrogens with one attached hydrogen (secondary N) is 1. The highest BCUT2D eigenvalue weighted by Gasteiger charge is 2.08. The predicted molar refractivity (Wildman–Crippen MR) is 104 cm³/mol. The number of hydrogen-bond donors (Lipinski definition) is 1. The lowest BCUT2D eigenvalue weighted by atomic mass is 10.1. The maximum atomic E-state index is 10.3. The van der Waals surface area contributed by atoms with Gasteiger partial charge in [0.15, 0.2) is 0 Å². The van der Waals surface area contributed by atoms with Crippen molar-refractivity contribution in [3.05, 3.63) is 50.7 Å². The first-order valence-corrected chi connectivity index (χ1v) is 8.93. The minimum Gasteiger partial charge on any atom is -0.497 e. The van der Waals surface area contributed by atoms with Crippen molar-refractivity contribution in [3.63, 3.8) is 0 Å². The molecule has 0 spiro atoms. The molecular formula is C17H23N5O7. The lowest BCUT2D eigenvalue weighted by molar-refractivity contribution is -0.758. The van der Waals surface area contributed by atoms with E-state index in [4.69, 9.17) is 4.74 Å². The Morgan fingerprint density at radius 1 is 1.07 bits per heavy atom. The summed E-state index contributed by atoms with van der Waals surface area (Å²) in [4.78, 5) is 35.3. The number of pyridine rings is 1. The third-order valence-corrected chi connectivity index (χ3v) is 4.12. The van der Waals surface area contributed by atoms with E-state index in [1.165, 1.54) is 0 Å². The highest BCUT2D eigenvalue weighted by atomic mass is 17.0. The predicted octanol–water partition coefficient (Wildman–Crippen LogP) is 1.76. The summed E-state index contributed by atoms with van der Waals surface area (Å²) in [6, 6.07) is 7.50. The molecule has 1 aromatic heterocycles.